The van der Waals surface area contributed by atoms with E-state index in [1.54, 1.807) is 21.0 Å². The molecule has 1 aromatic rings. The van der Waals surface area contributed by atoms with Gasteiger partial charge >= 0.3 is 0 Å². The summed E-state index contributed by atoms with van der Waals surface area (Å²) in [6, 6.07) is -1.63. The number of nitrogens with one attached hydrogen (secondary N) is 2. The largest absolute Gasteiger partial charge is 0.394 e. The first-order chi connectivity index (χ1) is 43.5. The van der Waals surface area contributed by atoms with Crippen LogP contribution in [0.25, 0.3) is 0 Å². The normalized spacial score (nSPS) is 42.8. The van der Waals surface area contributed by atoms with Crippen LogP contribution >= 0.6 is 0 Å². The van der Waals surface area contributed by atoms with Crippen molar-refractivity contribution in [3.05, 3.63) is 20.4 Å². The van der Waals surface area contributed by atoms with Gasteiger partial charge in [0.15, 0.2) is 31.5 Å². The lowest BCUT2D eigenvalue weighted by molar-refractivity contribution is -0.380. The highest BCUT2D eigenvalue weighted by atomic mass is 16.8. The SMILES string of the molecule is COCC1OC(CO)C(OC)C(OC)C1OC1OC(COC)C(OC2OC(C)C(Nc3c(NC4C(C)OC(OC5C(COC)OC(OC6C(COC)OC(OC)C(OC)[C@@H]6OC)C(OC)C5OC)C(OC)C4OC)c(=O)c3=O)C(OC)C2OC)C(OC)C1OC. The molecule has 0 amide bonds. The first-order valence-electron chi connectivity index (χ1n) is 29.9. The molecule has 0 radical (unpaired) electrons. The van der Waals surface area contributed by atoms with E-state index in [1.807, 2.05) is 0 Å². The first kappa shape index (κ1) is 74.9. The van der Waals surface area contributed by atoms with Crippen molar-refractivity contribution in [1.82, 2.24) is 0 Å². The third kappa shape index (κ3) is 15.7. The molecule has 6 aliphatic heterocycles. The number of ether oxygens (including phenoxy) is 27. The fourth-order valence-corrected chi connectivity index (χ4v) is 13.4. The number of hydrogen-bond acceptors (Lipinski definition) is 32. The summed E-state index contributed by atoms with van der Waals surface area (Å²) in [5.41, 5.74) is -1.66. The summed E-state index contributed by atoms with van der Waals surface area (Å²) >= 11 is 0. The predicted octanol–water partition coefficient (Wildman–Crippen LogP) is -1.78. The van der Waals surface area contributed by atoms with E-state index in [4.69, 9.17) is 128 Å². The van der Waals surface area contributed by atoms with E-state index in [2.05, 4.69) is 10.6 Å². The summed E-state index contributed by atoms with van der Waals surface area (Å²) in [7, 11) is 25.5. The Morgan fingerprint density at radius 2 is 0.556 bits per heavy atom. The van der Waals surface area contributed by atoms with Crippen LogP contribution in [0.5, 0.6) is 0 Å². The van der Waals surface area contributed by atoms with Gasteiger partial charge in [0, 0.05) is 121 Å². The summed E-state index contributed by atoms with van der Waals surface area (Å²) in [5, 5.41) is 16.7. The molecule has 6 aliphatic rings. The molecule has 0 spiro atoms. The van der Waals surface area contributed by atoms with Crippen molar-refractivity contribution in [2.45, 2.75) is 198 Å². The Labute approximate surface area is 525 Å². The van der Waals surface area contributed by atoms with Crippen LogP contribution in [0.3, 0.4) is 0 Å². The van der Waals surface area contributed by atoms with Crippen molar-refractivity contribution < 1.29 is 133 Å². The van der Waals surface area contributed by atoms with E-state index in [0.717, 1.165) is 0 Å². The lowest BCUT2D eigenvalue weighted by Crippen LogP contribution is -2.68. The Morgan fingerprint density at radius 1 is 0.300 bits per heavy atom. The zero-order valence-electron chi connectivity index (χ0n) is 55.1. The third-order valence-electron chi connectivity index (χ3n) is 17.8. The summed E-state index contributed by atoms with van der Waals surface area (Å²) in [4.78, 5) is 27.5. The molecule has 0 saturated carbocycles. The summed E-state index contributed by atoms with van der Waals surface area (Å²) in [6.07, 6.45) is -24.5. The van der Waals surface area contributed by atoms with E-state index in [0.29, 0.717) is 0 Å². The molecule has 6 heterocycles. The highest BCUT2D eigenvalue weighted by Crippen LogP contribution is 2.40. The highest BCUT2D eigenvalue weighted by molar-refractivity contribution is 5.75. The number of aliphatic hydroxyl groups is 1. The van der Waals surface area contributed by atoms with Crippen LogP contribution in [0, 0.1) is 0 Å². The molecule has 29 unspecified atom stereocenters. The Hall–Kier alpha value is -2.44. The van der Waals surface area contributed by atoms with Crippen LogP contribution in [0.1, 0.15) is 13.8 Å². The van der Waals surface area contributed by atoms with Crippen LogP contribution in [0.2, 0.25) is 0 Å². The Kier molecular flexibility index (Phi) is 29.6. The topological polar surface area (TPSA) is 328 Å². The maximum atomic E-state index is 13.7. The number of hydrogen-bond donors (Lipinski definition) is 3. The smallest absolute Gasteiger partial charge is 0.253 e. The second-order valence-corrected chi connectivity index (χ2v) is 22.6. The molecule has 7 rings (SSSR count). The van der Waals surface area contributed by atoms with Crippen LogP contribution in [-0.2, 0) is 128 Å². The van der Waals surface area contributed by atoms with Gasteiger partial charge in [-0.2, -0.15) is 0 Å². The van der Waals surface area contributed by atoms with E-state index >= 15 is 0 Å². The van der Waals surface area contributed by atoms with Gasteiger partial charge in [0.2, 0.25) is 0 Å². The van der Waals surface area contributed by atoms with Crippen LogP contribution < -0.4 is 21.5 Å². The fraction of sp³-hybridized carbons (Fsp3) is 0.931. The summed E-state index contributed by atoms with van der Waals surface area (Å²) in [5.74, 6) is 0. The molecule has 522 valence electrons. The molecule has 0 aliphatic carbocycles. The van der Waals surface area contributed by atoms with Crippen molar-refractivity contribution in [1.29, 1.82) is 0 Å². The zero-order valence-corrected chi connectivity index (χ0v) is 55.1. The lowest BCUT2D eigenvalue weighted by Gasteiger charge is -2.51. The molecule has 32 heteroatoms. The van der Waals surface area contributed by atoms with Crippen molar-refractivity contribution in [3.8, 4) is 0 Å². The quantitative estimate of drug-likeness (QED) is 0.0643. The second-order valence-electron chi connectivity index (χ2n) is 22.6. The molecule has 1 aromatic carbocycles. The van der Waals surface area contributed by atoms with Crippen LogP contribution in [0.15, 0.2) is 9.59 Å². The van der Waals surface area contributed by atoms with Gasteiger partial charge in [0.1, 0.15) is 140 Å². The fourth-order valence-electron chi connectivity index (χ4n) is 13.4. The molecular weight excluding hydrogens is 1200 g/mol. The number of methoxy groups -OCH3 is 17. The minimum absolute atomic E-state index is 0.00313. The molecule has 6 saturated heterocycles. The number of aliphatic hydroxyl groups excluding tert-OH is 1. The summed E-state index contributed by atoms with van der Waals surface area (Å²) in [6.45, 7) is 3.39. The monoisotopic (exact) mass is 1300 g/mol. The third-order valence-corrected chi connectivity index (χ3v) is 17.8. The molecule has 90 heavy (non-hydrogen) atoms. The van der Waals surface area contributed by atoms with Gasteiger partial charge in [-0.15, -0.1) is 0 Å². The van der Waals surface area contributed by atoms with Gasteiger partial charge in [-0.1, -0.05) is 0 Å². The van der Waals surface area contributed by atoms with Gasteiger partial charge in [0.25, 0.3) is 10.9 Å². The van der Waals surface area contributed by atoms with Gasteiger partial charge in [0.05, 0.1) is 57.3 Å². The Balaban J connectivity index is 1.06. The Bertz CT molecular complexity index is 2160. The van der Waals surface area contributed by atoms with Gasteiger partial charge < -0.3 is 144 Å². The van der Waals surface area contributed by atoms with Crippen molar-refractivity contribution >= 4 is 11.4 Å². The maximum absolute atomic E-state index is 13.7. The van der Waals surface area contributed by atoms with E-state index < -0.39 is 195 Å². The summed E-state index contributed by atoms with van der Waals surface area (Å²) < 4.78 is 166. The molecule has 6 fully saturated rings. The van der Waals surface area contributed by atoms with Crippen LogP contribution in [0.4, 0.5) is 11.4 Å². The van der Waals surface area contributed by atoms with Gasteiger partial charge in [-0.05, 0) is 13.8 Å². The van der Waals surface area contributed by atoms with E-state index in [9.17, 15) is 14.7 Å². The molecule has 3 N–H and O–H groups in total. The molecular formula is C58H100N2O30. The average Bonchev–Trinajstić information content (AvgIpc) is 0.781. The molecule has 0 aromatic heterocycles. The first-order valence-corrected chi connectivity index (χ1v) is 29.9. The zero-order chi connectivity index (χ0) is 65.7. The number of rotatable bonds is 34. The van der Waals surface area contributed by atoms with Gasteiger partial charge in [-0.3, -0.25) is 9.59 Å². The van der Waals surface area contributed by atoms with E-state index in [-0.39, 0.29) is 44.4 Å². The Morgan fingerprint density at radius 3 is 0.833 bits per heavy atom. The van der Waals surface area contributed by atoms with Crippen molar-refractivity contribution in [3.63, 3.8) is 0 Å². The standard InChI is InChI=1S/C58H100N2O30/c1-25-32(43(69-8)49(75-14)55(81-25)87-41-30(23-66-5)85-57(52(78-17)47(41)73-12)89-39-28(21-64-3)83-27(20-61)38(68-7)45(39)71-10)59-34-35(37(63)36(34)62)60-33-26(2)82-56(50(76-15)44(33)70-9)88-42-31(24-67-6)86-58(53(79-18)48(42)74-13)90-40-29(22-65-4)84-54(80-19)51(77-16)46(40)72-11/h25-33,38-61H,20-24H2,1-19H3/t25?,26?,27?,28?,29?,30?,31?,32?,33?,38?,39?,40?,41?,42?,43?,44?,45?,46-,47?,48?,49?,50?,51?,52?,53?,54?,55?,56?,57?,58?/m1/s1. The second kappa shape index (κ2) is 35.5. The molecule has 32 nitrogen and oxygen atoms in total. The van der Waals surface area contributed by atoms with Crippen molar-refractivity contribution in [2.24, 2.45) is 0 Å². The highest BCUT2D eigenvalue weighted by Gasteiger charge is 2.59. The number of anilines is 2. The lowest BCUT2D eigenvalue weighted by atomic mass is 9.93. The van der Waals surface area contributed by atoms with Crippen LogP contribution in [-0.4, -0.2) is 343 Å². The average molecular weight is 1310 g/mol. The maximum Gasteiger partial charge on any atom is 0.253 e. The molecule has 0 bridgehead atoms. The van der Waals surface area contributed by atoms with Gasteiger partial charge in [-0.25, -0.2) is 0 Å². The van der Waals surface area contributed by atoms with E-state index in [1.165, 1.54) is 114 Å². The van der Waals surface area contributed by atoms with Crippen molar-refractivity contribution in [2.75, 3.05) is 165 Å². The minimum Gasteiger partial charge on any atom is -0.394 e. The molecule has 30 atom stereocenters. The predicted molar refractivity (Wildman–Crippen MR) is 310 cm³/mol. The minimum atomic E-state index is -1.15.